The Hall–Kier alpha value is -1.68. The lowest BCUT2D eigenvalue weighted by atomic mass is 9.78. The maximum absolute atomic E-state index is 13.8. The molecule has 0 spiro atoms. The zero-order valence-corrected chi connectivity index (χ0v) is 22.1. The molecule has 0 unspecified atom stereocenters. The van der Waals surface area contributed by atoms with Crippen LogP contribution in [0.4, 0.5) is 4.39 Å². The lowest BCUT2D eigenvalue weighted by Crippen LogP contribution is -2.44. The van der Waals surface area contributed by atoms with Gasteiger partial charge >= 0.3 is 0 Å². The lowest BCUT2D eigenvalue weighted by Gasteiger charge is -2.31. The van der Waals surface area contributed by atoms with Gasteiger partial charge in [-0.25, -0.2) is 12.8 Å². The van der Waals surface area contributed by atoms with Gasteiger partial charge in [-0.2, -0.15) is 0 Å². The van der Waals surface area contributed by atoms with Crippen molar-refractivity contribution in [2.75, 3.05) is 19.8 Å². The number of rotatable bonds is 7. The van der Waals surface area contributed by atoms with Crippen molar-refractivity contribution in [3.63, 3.8) is 0 Å². The van der Waals surface area contributed by atoms with Crippen LogP contribution >= 0.6 is 24.0 Å². The van der Waals surface area contributed by atoms with E-state index in [1.165, 1.54) is 48.4 Å². The number of aryl methyl sites for hydroxylation is 1. The third-order valence-corrected chi connectivity index (χ3v) is 6.88. The van der Waals surface area contributed by atoms with Gasteiger partial charge in [-0.15, -0.1) is 24.0 Å². The fourth-order valence-corrected chi connectivity index (χ4v) is 5.28. The summed E-state index contributed by atoms with van der Waals surface area (Å²) in [4.78, 5) is 4.32. The molecule has 5 nitrogen and oxygen atoms in total. The molecule has 0 atom stereocenters. The number of nitrogens with zero attached hydrogens (tertiary/aromatic N) is 1. The van der Waals surface area contributed by atoms with E-state index in [2.05, 4.69) is 46.8 Å². The van der Waals surface area contributed by atoms with Crippen LogP contribution in [0.2, 0.25) is 0 Å². The van der Waals surface area contributed by atoms with E-state index in [1.807, 2.05) is 0 Å². The lowest BCUT2D eigenvalue weighted by molar-refractivity contribution is 0.431. The van der Waals surface area contributed by atoms with Crippen molar-refractivity contribution in [3.05, 3.63) is 70.5 Å². The van der Waals surface area contributed by atoms with Crippen molar-refractivity contribution in [3.8, 4) is 0 Å². The van der Waals surface area contributed by atoms with Crippen LogP contribution in [0.25, 0.3) is 0 Å². The van der Waals surface area contributed by atoms with Crippen LogP contribution < -0.4 is 10.6 Å². The zero-order chi connectivity index (χ0) is 22.5. The first-order valence-corrected chi connectivity index (χ1v) is 12.7. The number of hydrogen-bond acceptors (Lipinski definition) is 3. The molecule has 2 aromatic carbocycles. The molecule has 0 heterocycles. The number of guanidine groups is 1. The Morgan fingerprint density at radius 1 is 1.09 bits per heavy atom. The molecule has 8 heteroatoms. The van der Waals surface area contributed by atoms with Crippen LogP contribution in [-0.2, 0) is 27.5 Å². The van der Waals surface area contributed by atoms with Gasteiger partial charge in [-0.3, -0.25) is 4.99 Å². The third kappa shape index (κ3) is 7.16. The Balaban J connectivity index is 0.00000363. The van der Waals surface area contributed by atoms with Gasteiger partial charge in [0, 0.05) is 31.8 Å². The summed E-state index contributed by atoms with van der Waals surface area (Å²) in [6, 6.07) is 12.9. The Kier molecular flexibility index (Phi) is 9.51. The molecule has 3 rings (SSSR count). The normalized spacial score (nSPS) is 15.8. The smallest absolute Gasteiger partial charge is 0.191 e. The van der Waals surface area contributed by atoms with E-state index in [4.69, 9.17) is 0 Å². The van der Waals surface area contributed by atoms with E-state index >= 15 is 0 Å². The van der Waals surface area contributed by atoms with Crippen molar-refractivity contribution in [2.24, 2.45) is 4.99 Å². The molecule has 0 bridgehead atoms. The number of benzene rings is 2. The topological polar surface area (TPSA) is 70.6 Å². The highest BCUT2D eigenvalue weighted by atomic mass is 127. The molecular formula is C24H33FIN3O2S. The van der Waals surface area contributed by atoms with E-state index in [0.29, 0.717) is 23.6 Å². The highest BCUT2D eigenvalue weighted by molar-refractivity contribution is 14.0. The van der Waals surface area contributed by atoms with Gasteiger partial charge in [-0.05, 0) is 48.6 Å². The molecule has 0 aromatic heterocycles. The molecule has 2 aromatic rings. The fraction of sp³-hybridized carbons (Fsp3) is 0.458. The number of aliphatic imine (C=N–C) groups is 1. The minimum atomic E-state index is -3.22. The third-order valence-electron chi connectivity index (χ3n) is 6.04. The summed E-state index contributed by atoms with van der Waals surface area (Å²) in [5, 5.41) is 6.67. The van der Waals surface area contributed by atoms with Crippen molar-refractivity contribution in [2.45, 2.75) is 50.3 Å². The van der Waals surface area contributed by atoms with Crippen LogP contribution in [0.5, 0.6) is 0 Å². The van der Waals surface area contributed by atoms with E-state index in [1.54, 1.807) is 7.05 Å². The van der Waals surface area contributed by atoms with Gasteiger partial charge < -0.3 is 10.6 Å². The highest BCUT2D eigenvalue weighted by Crippen LogP contribution is 2.40. The Morgan fingerprint density at radius 3 is 2.44 bits per heavy atom. The van der Waals surface area contributed by atoms with Gasteiger partial charge in [0.15, 0.2) is 15.8 Å². The maximum atomic E-state index is 13.8. The molecule has 1 aliphatic carbocycles. The molecule has 0 amide bonds. The molecule has 32 heavy (non-hydrogen) atoms. The summed E-state index contributed by atoms with van der Waals surface area (Å²) < 4.78 is 37.2. The SMILES string of the molecule is CN=C(NCc1cc(F)ccc1CS(C)(=O)=O)NCC1(c2cccc(C)c2)CCCC1.I. The van der Waals surface area contributed by atoms with E-state index in [9.17, 15) is 12.8 Å². The predicted octanol–water partition coefficient (Wildman–Crippen LogP) is 4.47. The number of sulfone groups is 1. The molecule has 2 N–H and O–H groups in total. The van der Waals surface area contributed by atoms with E-state index < -0.39 is 9.84 Å². The highest BCUT2D eigenvalue weighted by Gasteiger charge is 2.35. The molecule has 176 valence electrons. The molecule has 0 saturated heterocycles. The summed E-state index contributed by atoms with van der Waals surface area (Å²) in [5.74, 6) is 0.113. The number of nitrogens with one attached hydrogen (secondary N) is 2. The van der Waals surface area contributed by atoms with Crippen LogP contribution in [0, 0.1) is 12.7 Å². The Morgan fingerprint density at radius 2 is 1.81 bits per heavy atom. The largest absolute Gasteiger partial charge is 0.356 e. The second-order valence-corrected chi connectivity index (χ2v) is 10.8. The second-order valence-electron chi connectivity index (χ2n) is 8.62. The first-order valence-electron chi connectivity index (χ1n) is 10.7. The second kappa shape index (κ2) is 11.4. The molecule has 0 aliphatic heterocycles. The molecule has 0 radical (unpaired) electrons. The van der Waals surface area contributed by atoms with E-state index in [-0.39, 0.29) is 41.0 Å². The summed E-state index contributed by atoms with van der Waals surface area (Å²) in [7, 11) is -1.52. The van der Waals surface area contributed by atoms with Crippen LogP contribution in [0.15, 0.2) is 47.5 Å². The Labute approximate surface area is 208 Å². The molecule has 1 fully saturated rings. The summed E-state index contributed by atoms with van der Waals surface area (Å²) in [6.45, 7) is 3.17. The minimum Gasteiger partial charge on any atom is -0.356 e. The van der Waals surface area contributed by atoms with E-state index in [0.717, 1.165) is 19.4 Å². The summed E-state index contributed by atoms with van der Waals surface area (Å²) >= 11 is 0. The minimum absolute atomic E-state index is 0. The summed E-state index contributed by atoms with van der Waals surface area (Å²) in [5.41, 5.74) is 3.90. The van der Waals surface area contributed by atoms with Crippen LogP contribution in [0.3, 0.4) is 0 Å². The van der Waals surface area contributed by atoms with Gasteiger partial charge in [0.1, 0.15) is 5.82 Å². The maximum Gasteiger partial charge on any atom is 0.191 e. The van der Waals surface area contributed by atoms with Crippen molar-refractivity contribution >= 4 is 39.8 Å². The first kappa shape index (κ1) is 26.6. The monoisotopic (exact) mass is 573 g/mol. The standard InChI is InChI=1S/C24H32FN3O2S.HI/c1-18-7-6-8-21(13-18)24(11-4-5-12-24)17-28-23(26-2)27-15-20-14-22(25)10-9-19(20)16-31(3,29)30;/h6-10,13-14H,4-5,11-12,15-17H2,1-3H3,(H2,26,27,28);1H. The molecular weight excluding hydrogens is 540 g/mol. The number of hydrogen-bond donors (Lipinski definition) is 2. The van der Waals surface area contributed by atoms with Gasteiger partial charge in [0.05, 0.1) is 5.75 Å². The zero-order valence-electron chi connectivity index (χ0n) is 18.9. The molecule has 1 saturated carbocycles. The van der Waals surface area contributed by atoms with Gasteiger partial charge in [-0.1, -0.05) is 48.7 Å². The van der Waals surface area contributed by atoms with Gasteiger partial charge in [0.2, 0.25) is 0 Å². The average Bonchev–Trinajstić information content (AvgIpc) is 3.19. The number of halogens is 2. The van der Waals surface area contributed by atoms with Crippen LogP contribution in [-0.4, -0.2) is 34.2 Å². The van der Waals surface area contributed by atoms with Crippen molar-refractivity contribution < 1.29 is 12.8 Å². The van der Waals surface area contributed by atoms with Crippen molar-refractivity contribution in [1.82, 2.24) is 10.6 Å². The predicted molar refractivity (Wildman–Crippen MR) is 140 cm³/mol. The first-order chi connectivity index (χ1) is 14.7. The fourth-order valence-electron chi connectivity index (χ4n) is 4.43. The van der Waals surface area contributed by atoms with Crippen molar-refractivity contribution in [1.29, 1.82) is 0 Å². The summed E-state index contributed by atoms with van der Waals surface area (Å²) in [6.07, 6.45) is 5.85. The molecule has 1 aliphatic rings. The van der Waals surface area contributed by atoms with Crippen LogP contribution in [0.1, 0.15) is 47.9 Å². The van der Waals surface area contributed by atoms with Gasteiger partial charge in [0.25, 0.3) is 0 Å². The quantitative estimate of drug-likeness (QED) is 0.292. The Bertz CT molecular complexity index is 1050. The average molecular weight is 574 g/mol.